The van der Waals surface area contributed by atoms with E-state index in [9.17, 15) is 14.0 Å². The third kappa shape index (κ3) is 5.44. The molecule has 0 aliphatic carbocycles. The number of hydrogen-bond acceptors (Lipinski definition) is 2. The Bertz CT molecular complexity index is 809. The number of rotatable bonds is 7. The molecule has 0 spiro atoms. The zero-order valence-corrected chi connectivity index (χ0v) is 16.6. The van der Waals surface area contributed by atoms with Crippen molar-refractivity contribution < 1.29 is 14.0 Å². The first-order chi connectivity index (χ1) is 12.8. The summed E-state index contributed by atoms with van der Waals surface area (Å²) in [6, 6.07) is 10.3. The van der Waals surface area contributed by atoms with Crippen LogP contribution in [0.15, 0.2) is 42.5 Å². The molecule has 0 aliphatic rings. The van der Waals surface area contributed by atoms with Gasteiger partial charge in [0, 0.05) is 28.7 Å². The maximum atomic E-state index is 14.0. The molecule has 0 radical (unpaired) electrons. The first-order valence-electron chi connectivity index (χ1n) is 8.58. The fourth-order valence-electron chi connectivity index (χ4n) is 2.66. The smallest absolute Gasteiger partial charge is 0.242 e. The summed E-state index contributed by atoms with van der Waals surface area (Å²) in [7, 11) is 0. The summed E-state index contributed by atoms with van der Waals surface area (Å²) in [4.78, 5) is 26.6. The Balaban J connectivity index is 2.32. The normalized spacial score (nSPS) is 11.7. The number of hydrogen-bond donors (Lipinski definition) is 1. The van der Waals surface area contributed by atoms with Crippen LogP contribution in [0.4, 0.5) is 4.39 Å². The van der Waals surface area contributed by atoms with E-state index in [4.69, 9.17) is 23.2 Å². The number of halogens is 3. The standard InChI is InChI=1S/C20H21Cl2FN2O2/c1-3-24-20(27)13(2)25(12-15-16(21)8-6-9-17(15)22)19(26)11-14-7-4-5-10-18(14)23/h4-10,13H,3,11-12H2,1-2H3,(H,24,27)/t13-/m1/s1. The van der Waals surface area contributed by atoms with Crippen LogP contribution in [-0.2, 0) is 22.6 Å². The summed E-state index contributed by atoms with van der Waals surface area (Å²) in [5, 5.41) is 3.49. The number of likely N-dealkylation sites (N-methyl/N-ethyl adjacent to an activating group) is 1. The lowest BCUT2D eigenvalue weighted by molar-refractivity contribution is -0.140. The molecule has 2 aromatic rings. The van der Waals surface area contributed by atoms with E-state index in [0.29, 0.717) is 22.2 Å². The minimum Gasteiger partial charge on any atom is -0.355 e. The van der Waals surface area contributed by atoms with Gasteiger partial charge >= 0.3 is 0 Å². The average Bonchev–Trinajstić information content (AvgIpc) is 2.63. The summed E-state index contributed by atoms with van der Waals surface area (Å²) >= 11 is 12.5. The number of nitrogens with zero attached hydrogens (tertiary/aromatic N) is 1. The van der Waals surface area contributed by atoms with Crippen molar-refractivity contribution in [2.24, 2.45) is 0 Å². The second-order valence-corrected chi connectivity index (χ2v) is 6.87. The zero-order chi connectivity index (χ0) is 20.0. The van der Waals surface area contributed by atoms with Crippen molar-refractivity contribution in [3.63, 3.8) is 0 Å². The third-order valence-electron chi connectivity index (χ3n) is 4.21. The lowest BCUT2D eigenvalue weighted by Crippen LogP contribution is -2.48. The second kappa shape index (κ2) is 9.72. The van der Waals surface area contributed by atoms with Gasteiger partial charge in [-0.25, -0.2) is 4.39 Å². The molecule has 2 aromatic carbocycles. The molecular formula is C20H21Cl2FN2O2. The van der Waals surface area contributed by atoms with Gasteiger partial charge < -0.3 is 10.2 Å². The maximum absolute atomic E-state index is 14.0. The molecule has 0 saturated carbocycles. The first-order valence-corrected chi connectivity index (χ1v) is 9.34. The fourth-order valence-corrected chi connectivity index (χ4v) is 3.18. The third-order valence-corrected chi connectivity index (χ3v) is 4.92. The number of benzene rings is 2. The Labute approximate surface area is 168 Å². The minimum absolute atomic E-state index is 0.0457. The molecule has 27 heavy (non-hydrogen) atoms. The van der Waals surface area contributed by atoms with Gasteiger partial charge in [-0.05, 0) is 37.6 Å². The van der Waals surface area contributed by atoms with Crippen LogP contribution in [0.5, 0.6) is 0 Å². The van der Waals surface area contributed by atoms with Crippen molar-refractivity contribution in [2.45, 2.75) is 32.9 Å². The molecular weight excluding hydrogens is 390 g/mol. The van der Waals surface area contributed by atoms with Crippen LogP contribution < -0.4 is 5.32 Å². The highest BCUT2D eigenvalue weighted by molar-refractivity contribution is 6.36. The van der Waals surface area contributed by atoms with Gasteiger partial charge in [-0.2, -0.15) is 0 Å². The topological polar surface area (TPSA) is 49.4 Å². The molecule has 4 nitrogen and oxygen atoms in total. The molecule has 2 rings (SSSR count). The summed E-state index contributed by atoms with van der Waals surface area (Å²) in [6.07, 6.45) is -0.168. The molecule has 2 amide bonds. The maximum Gasteiger partial charge on any atom is 0.242 e. The second-order valence-electron chi connectivity index (χ2n) is 6.06. The number of amides is 2. The Morgan fingerprint density at radius 1 is 1.11 bits per heavy atom. The van der Waals surface area contributed by atoms with Crippen LogP contribution in [-0.4, -0.2) is 29.3 Å². The quantitative estimate of drug-likeness (QED) is 0.742. The van der Waals surface area contributed by atoms with Crippen LogP contribution in [0.1, 0.15) is 25.0 Å². The Kier molecular flexibility index (Phi) is 7.63. The Morgan fingerprint density at radius 2 is 1.74 bits per heavy atom. The average molecular weight is 411 g/mol. The van der Waals surface area contributed by atoms with Crippen molar-refractivity contribution in [3.05, 3.63) is 69.5 Å². The van der Waals surface area contributed by atoms with E-state index in [1.807, 2.05) is 0 Å². The largest absolute Gasteiger partial charge is 0.355 e. The monoisotopic (exact) mass is 410 g/mol. The van der Waals surface area contributed by atoms with Crippen molar-refractivity contribution in [1.82, 2.24) is 10.2 Å². The highest BCUT2D eigenvalue weighted by atomic mass is 35.5. The van der Waals surface area contributed by atoms with Gasteiger partial charge in [-0.15, -0.1) is 0 Å². The minimum atomic E-state index is -0.767. The lowest BCUT2D eigenvalue weighted by atomic mass is 10.1. The number of carbonyl (C=O) groups excluding carboxylic acids is 2. The van der Waals surface area contributed by atoms with Crippen LogP contribution in [0, 0.1) is 5.82 Å². The highest BCUT2D eigenvalue weighted by Crippen LogP contribution is 2.27. The van der Waals surface area contributed by atoms with Gasteiger partial charge in [0.25, 0.3) is 0 Å². The van der Waals surface area contributed by atoms with E-state index in [-0.39, 0.29) is 24.4 Å². The van der Waals surface area contributed by atoms with Gasteiger partial charge in [0.15, 0.2) is 0 Å². The summed E-state index contributed by atoms with van der Waals surface area (Å²) in [5.41, 5.74) is 0.805. The van der Waals surface area contributed by atoms with Gasteiger partial charge in [0.05, 0.1) is 6.42 Å². The molecule has 0 unspecified atom stereocenters. The predicted molar refractivity (Wildman–Crippen MR) is 105 cm³/mol. The van der Waals surface area contributed by atoms with Gasteiger partial charge in [0.2, 0.25) is 11.8 Å². The summed E-state index contributed by atoms with van der Waals surface area (Å²) in [6.45, 7) is 3.89. The molecule has 0 aliphatic heterocycles. The van der Waals surface area contributed by atoms with Crippen molar-refractivity contribution >= 4 is 35.0 Å². The molecule has 7 heteroatoms. The molecule has 144 valence electrons. The van der Waals surface area contributed by atoms with Crippen LogP contribution in [0.2, 0.25) is 10.0 Å². The van der Waals surface area contributed by atoms with E-state index in [0.717, 1.165) is 0 Å². The van der Waals surface area contributed by atoms with Crippen LogP contribution in [0.3, 0.4) is 0 Å². The Hall–Kier alpha value is -2.11. The van der Waals surface area contributed by atoms with Gasteiger partial charge in [-0.1, -0.05) is 47.5 Å². The van der Waals surface area contributed by atoms with Crippen LogP contribution in [0.25, 0.3) is 0 Å². The van der Waals surface area contributed by atoms with E-state index in [1.54, 1.807) is 50.2 Å². The van der Waals surface area contributed by atoms with E-state index >= 15 is 0 Å². The van der Waals surface area contributed by atoms with E-state index in [2.05, 4.69) is 5.32 Å². The van der Waals surface area contributed by atoms with E-state index in [1.165, 1.54) is 11.0 Å². The molecule has 1 N–H and O–H groups in total. The number of nitrogens with one attached hydrogen (secondary N) is 1. The molecule has 0 fully saturated rings. The SMILES string of the molecule is CCNC(=O)[C@@H](C)N(Cc1c(Cl)cccc1Cl)C(=O)Cc1ccccc1F. The summed E-state index contributed by atoms with van der Waals surface area (Å²) < 4.78 is 14.0. The van der Waals surface area contributed by atoms with Gasteiger partial charge in [0.1, 0.15) is 11.9 Å². The van der Waals surface area contributed by atoms with Crippen molar-refractivity contribution in [3.8, 4) is 0 Å². The zero-order valence-electron chi connectivity index (χ0n) is 15.1. The fraction of sp³-hybridized carbons (Fsp3) is 0.300. The summed E-state index contributed by atoms with van der Waals surface area (Å²) in [5.74, 6) is -1.16. The predicted octanol–water partition coefficient (Wildman–Crippen LogP) is 4.23. The molecule has 0 bridgehead atoms. The molecule has 1 atom stereocenters. The Morgan fingerprint density at radius 3 is 2.33 bits per heavy atom. The molecule has 0 heterocycles. The molecule has 0 saturated heterocycles. The van der Waals surface area contributed by atoms with Crippen molar-refractivity contribution in [1.29, 1.82) is 0 Å². The van der Waals surface area contributed by atoms with Gasteiger partial charge in [-0.3, -0.25) is 9.59 Å². The van der Waals surface area contributed by atoms with Crippen LogP contribution >= 0.6 is 23.2 Å². The number of carbonyl (C=O) groups is 2. The lowest BCUT2D eigenvalue weighted by Gasteiger charge is -2.29. The molecule has 0 aromatic heterocycles. The first kappa shape index (κ1) is 21.2. The highest BCUT2D eigenvalue weighted by Gasteiger charge is 2.27. The van der Waals surface area contributed by atoms with E-state index < -0.39 is 17.8 Å². The van der Waals surface area contributed by atoms with Crippen molar-refractivity contribution in [2.75, 3.05) is 6.54 Å².